The van der Waals surface area contributed by atoms with Crippen molar-refractivity contribution in [1.82, 2.24) is 15.0 Å². The summed E-state index contributed by atoms with van der Waals surface area (Å²) in [5, 5.41) is 0. The van der Waals surface area contributed by atoms with Gasteiger partial charge in [0.2, 0.25) is 0 Å². The number of nitrogens with zero attached hydrogens (tertiary/aromatic N) is 1. The molecule has 7 nitrogen and oxygen atoms in total. The molecule has 0 bridgehead atoms. The summed E-state index contributed by atoms with van der Waals surface area (Å²) >= 11 is 3.17. The lowest BCUT2D eigenvalue weighted by atomic mass is 10.3. The Balaban J connectivity index is 2.03. The maximum atomic E-state index is 12.3. The van der Waals surface area contributed by atoms with Crippen LogP contribution in [0.5, 0.6) is 0 Å². The minimum atomic E-state index is -3.77. The molecule has 0 aliphatic rings. The minimum absolute atomic E-state index is 0.0426. The molecule has 0 fully saturated rings. The average Bonchev–Trinajstić information content (AvgIpc) is 2.80. The number of aromatic amines is 2. The molecule has 3 rings (SSSR count). The molecule has 108 valence electrons. The van der Waals surface area contributed by atoms with Crippen molar-refractivity contribution in [2.24, 2.45) is 0 Å². The number of aromatic nitrogens is 3. The van der Waals surface area contributed by atoms with Crippen LogP contribution >= 0.6 is 15.9 Å². The molecule has 21 heavy (non-hydrogen) atoms. The lowest BCUT2D eigenvalue weighted by Crippen LogP contribution is -2.13. The standard InChI is InChI=1S/C12H9BrN4O3S/c13-11-9(2-1-5-14-11)17-21(19,20)7-3-4-8-10(6-7)16-12(18)15-8/h1-6,17H,(H2,15,16,18). The highest BCUT2D eigenvalue weighted by Gasteiger charge is 2.16. The van der Waals surface area contributed by atoms with Crippen molar-refractivity contribution in [3.05, 3.63) is 51.6 Å². The summed E-state index contributed by atoms with van der Waals surface area (Å²) in [5.41, 5.74) is 0.914. The van der Waals surface area contributed by atoms with E-state index in [1.807, 2.05) is 0 Å². The number of halogens is 1. The number of anilines is 1. The molecule has 0 amide bonds. The number of benzene rings is 1. The molecule has 0 unspecified atom stereocenters. The fourth-order valence-corrected chi connectivity index (χ4v) is 3.42. The van der Waals surface area contributed by atoms with E-state index in [9.17, 15) is 13.2 Å². The lowest BCUT2D eigenvalue weighted by molar-refractivity contribution is 0.601. The van der Waals surface area contributed by atoms with Crippen LogP contribution in [0.1, 0.15) is 0 Å². The Bertz CT molecular complexity index is 977. The first-order chi connectivity index (χ1) is 9.95. The van der Waals surface area contributed by atoms with Gasteiger partial charge in [-0.15, -0.1) is 0 Å². The van der Waals surface area contributed by atoms with E-state index in [-0.39, 0.29) is 10.6 Å². The Labute approximate surface area is 127 Å². The number of pyridine rings is 1. The number of imidazole rings is 1. The van der Waals surface area contributed by atoms with Gasteiger partial charge in [-0.2, -0.15) is 0 Å². The number of fused-ring (bicyclic) bond motifs is 1. The second kappa shape index (κ2) is 5.01. The van der Waals surface area contributed by atoms with Crippen LogP contribution in [0.4, 0.5) is 5.69 Å². The number of rotatable bonds is 3. The molecule has 0 saturated carbocycles. The summed E-state index contributed by atoms with van der Waals surface area (Å²) in [4.78, 5) is 20.3. The Morgan fingerprint density at radius 2 is 1.90 bits per heavy atom. The van der Waals surface area contributed by atoms with E-state index < -0.39 is 10.0 Å². The molecule has 0 saturated heterocycles. The number of hydrogen-bond acceptors (Lipinski definition) is 4. The van der Waals surface area contributed by atoms with Gasteiger partial charge < -0.3 is 9.97 Å². The molecule has 0 radical (unpaired) electrons. The fourth-order valence-electron chi connectivity index (χ4n) is 1.84. The third-order valence-corrected chi connectivity index (χ3v) is 4.80. The SMILES string of the molecule is O=c1[nH]c2ccc(S(=O)(=O)Nc3cccnc3Br)cc2[nH]1. The van der Waals surface area contributed by atoms with Gasteiger partial charge >= 0.3 is 5.69 Å². The Hall–Kier alpha value is -2.13. The quantitative estimate of drug-likeness (QED) is 0.612. The summed E-state index contributed by atoms with van der Waals surface area (Å²) in [7, 11) is -3.77. The van der Waals surface area contributed by atoms with Crippen LogP contribution in [-0.4, -0.2) is 23.4 Å². The maximum Gasteiger partial charge on any atom is 0.323 e. The summed E-state index contributed by atoms with van der Waals surface area (Å²) < 4.78 is 27.5. The fraction of sp³-hybridized carbons (Fsp3) is 0. The molecule has 3 aromatic rings. The van der Waals surface area contributed by atoms with Crippen molar-refractivity contribution in [2.45, 2.75) is 4.90 Å². The number of hydrogen-bond donors (Lipinski definition) is 3. The van der Waals surface area contributed by atoms with Crippen molar-refractivity contribution >= 4 is 42.7 Å². The third-order valence-electron chi connectivity index (χ3n) is 2.80. The van der Waals surface area contributed by atoms with Crippen molar-refractivity contribution in [2.75, 3.05) is 4.72 Å². The zero-order chi connectivity index (χ0) is 15.0. The molecule has 0 spiro atoms. The zero-order valence-corrected chi connectivity index (χ0v) is 12.8. The van der Waals surface area contributed by atoms with Crippen molar-refractivity contribution in [1.29, 1.82) is 0 Å². The van der Waals surface area contributed by atoms with E-state index >= 15 is 0 Å². The van der Waals surface area contributed by atoms with Gasteiger partial charge in [0.15, 0.2) is 0 Å². The van der Waals surface area contributed by atoms with E-state index in [2.05, 4.69) is 35.6 Å². The van der Waals surface area contributed by atoms with Crippen LogP contribution in [0.25, 0.3) is 11.0 Å². The van der Waals surface area contributed by atoms with Gasteiger partial charge in [0.05, 0.1) is 21.6 Å². The zero-order valence-electron chi connectivity index (χ0n) is 10.4. The van der Waals surface area contributed by atoms with Crippen LogP contribution in [0.3, 0.4) is 0 Å². The molecular formula is C12H9BrN4O3S. The molecule has 3 N–H and O–H groups in total. The van der Waals surface area contributed by atoms with Crippen LogP contribution in [0, 0.1) is 0 Å². The third kappa shape index (κ3) is 2.69. The smallest absolute Gasteiger partial charge is 0.306 e. The normalized spacial score (nSPS) is 11.7. The highest BCUT2D eigenvalue weighted by Crippen LogP contribution is 2.23. The van der Waals surface area contributed by atoms with Gasteiger partial charge in [-0.25, -0.2) is 18.2 Å². The van der Waals surface area contributed by atoms with Gasteiger partial charge in [0.25, 0.3) is 10.0 Å². The first-order valence-corrected chi connectivity index (χ1v) is 8.09. The van der Waals surface area contributed by atoms with E-state index in [0.717, 1.165) is 0 Å². The van der Waals surface area contributed by atoms with Gasteiger partial charge in [-0.05, 0) is 46.3 Å². The first kappa shape index (κ1) is 13.8. The predicted molar refractivity (Wildman–Crippen MR) is 81.7 cm³/mol. The lowest BCUT2D eigenvalue weighted by Gasteiger charge is -2.09. The van der Waals surface area contributed by atoms with E-state index in [1.54, 1.807) is 18.3 Å². The Morgan fingerprint density at radius 1 is 1.14 bits per heavy atom. The number of H-pyrrole nitrogens is 2. The molecule has 1 aromatic carbocycles. The Kier molecular flexibility index (Phi) is 3.30. The molecule has 2 aromatic heterocycles. The van der Waals surface area contributed by atoms with Crippen LogP contribution in [-0.2, 0) is 10.0 Å². The van der Waals surface area contributed by atoms with Crippen LogP contribution < -0.4 is 10.4 Å². The van der Waals surface area contributed by atoms with Gasteiger partial charge in [0, 0.05) is 6.20 Å². The average molecular weight is 369 g/mol. The summed E-state index contributed by atoms with van der Waals surface area (Å²) in [6.45, 7) is 0. The highest BCUT2D eigenvalue weighted by atomic mass is 79.9. The van der Waals surface area contributed by atoms with Crippen LogP contribution in [0.15, 0.2) is 50.8 Å². The van der Waals surface area contributed by atoms with E-state index in [0.29, 0.717) is 21.3 Å². The van der Waals surface area contributed by atoms with Gasteiger partial charge in [-0.1, -0.05) is 0 Å². The van der Waals surface area contributed by atoms with E-state index in [1.165, 1.54) is 18.2 Å². The molecular weight excluding hydrogens is 360 g/mol. The van der Waals surface area contributed by atoms with Crippen molar-refractivity contribution in [3.8, 4) is 0 Å². The molecule has 9 heteroatoms. The second-order valence-corrected chi connectivity index (χ2v) is 6.67. The molecule has 2 heterocycles. The molecule has 0 atom stereocenters. The first-order valence-electron chi connectivity index (χ1n) is 5.81. The van der Waals surface area contributed by atoms with Crippen molar-refractivity contribution in [3.63, 3.8) is 0 Å². The molecule has 0 aliphatic carbocycles. The predicted octanol–water partition coefficient (Wildman–Crippen LogP) is 1.81. The van der Waals surface area contributed by atoms with Gasteiger partial charge in [-0.3, -0.25) is 4.72 Å². The largest absolute Gasteiger partial charge is 0.323 e. The maximum absolute atomic E-state index is 12.3. The highest BCUT2D eigenvalue weighted by molar-refractivity contribution is 9.10. The number of nitrogens with one attached hydrogen (secondary N) is 3. The monoisotopic (exact) mass is 368 g/mol. The summed E-state index contributed by atoms with van der Waals surface area (Å²) in [6.07, 6.45) is 1.54. The van der Waals surface area contributed by atoms with Crippen molar-refractivity contribution < 1.29 is 8.42 Å². The second-order valence-electron chi connectivity index (χ2n) is 4.23. The Morgan fingerprint density at radius 3 is 2.67 bits per heavy atom. The summed E-state index contributed by atoms with van der Waals surface area (Å²) in [6, 6.07) is 7.54. The van der Waals surface area contributed by atoms with Crippen LogP contribution in [0.2, 0.25) is 0 Å². The molecule has 0 aliphatic heterocycles. The summed E-state index contributed by atoms with van der Waals surface area (Å²) in [5.74, 6) is 0. The minimum Gasteiger partial charge on any atom is -0.306 e. The van der Waals surface area contributed by atoms with Gasteiger partial charge in [0.1, 0.15) is 4.60 Å². The topological polar surface area (TPSA) is 108 Å². The van der Waals surface area contributed by atoms with E-state index in [4.69, 9.17) is 0 Å². The number of sulfonamides is 1.